The number of hydrogen-bond donors (Lipinski definition) is 3. The zero-order valence-corrected chi connectivity index (χ0v) is 13.5. The van der Waals surface area contributed by atoms with Crippen LogP contribution < -0.4 is 10.5 Å². The summed E-state index contributed by atoms with van der Waals surface area (Å²) < 4.78 is 27.5. The van der Waals surface area contributed by atoms with Gasteiger partial charge in [-0.3, -0.25) is 0 Å². The predicted octanol–water partition coefficient (Wildman–Crippen LogP) is 1.92. The molecule has 4 N–H and O–H groups in total. The number of aliphatic hydroxyl groups excluding tert-OH is 1. The van der Waals surface area contributed by atoms with Crippen molar-refractivity contribution in [3.05, 3.63) is 22.7 Å². The van der Waals surface area contributed by atoms with Gasteiger partial charge in [0.1, 0.15) is 0 Å². The number of nitrogens with one attached hydrogen (secondary N) is 1. The fourth-order valence-corrected chi connectivity index (χ4v) is 4.55. The first-order chi connectivity index (χ1) is 9.85. The van der Waals surface area contributed by atoms with Crippen molar-refractivity contribution in [1.29, 1.82) is 0 Å². The molecule has 0 saturated heterocycles. The molecule has 1 aromatic rings. The summed E-state index contributed by atoms with van der Waals surface area (Å²) in [5.41, 5.74) is 6.63. The first-order valence-corrected chi connectivity index (χ1v) is 8.87. The lowest BCUT2D eigenvalue weighted by Crippen LogP contribution is -2.32. The second kappa shape index (κ2) is 6.52. The van der Waals surface area contributed by atoms with Gasteiger partial charge in [0.05, 0.1) is 4.90 Å². The maximum Gasteiger partial charge on any atom is 0.240 e. The van der Waals surface area contributed by atoms with E-state index < -0.39 is 10.0 Å². The molecule has 1 fully saturated rings. The van der Waals surface area contributed by atoms with E-state index in [0.29, 0.717) is 22.8 Å². The Bertz CT molecular complexity index is 619. The van der Waals surface area contributed by atoms with Crippen molar-refractivity contribution in [2.75, 3.05) is 18.9 Å². The van der Waals surface area contributed by atoms with Crippen molar-refractivity contribution >= 4 is 27.3 Å². The van der Waals surface area contributed by atoms with Crippen LogP contribution in [0, 0.1) is 18.8 Å². The normalized spacial score (nSPS) is 22.6. The first kappa shape index (κ1) is 16.5. The number of nitrogens with two attached hydrogens (primary N) is 1. The standard InChI is InChI=1S/C14H21ClN2O3S/c1-9-13(16)5-12(15)6-14(9)21(19,20)17-7-10-3-2-4-11(10)8-18/h5-6,10-11,17-18H,2-4,7-8,16H2,1H3. The molecule has 118 valence electrons. The number of benzene rings is 1. The molecular formula is C14H21ClN2O3S. The average molecular weight is 333 g/mol. The van der Waals surface area contributed by atoms with E-state index in [0.717, 1.165) is 19.3 Å². The zero-order chi connectivity index (χ0) is 15.6. The van der Waals surface area contributed by atoms with Crippen molar-refractivity contribution in [2.45, 2.75) is 31.1 Å². The molecule has 1 aromatic carbocycles. The Morgan fingerprint density at radius 1 is 1.38 bits per heavy atom. The topological polar surface area (TPSA) is 92.4 Å². The van der Waals surface area contributed by atoms with Crippen LogP contribution in [0.2, 0.25) is 5.02 Å². The number of rotatable bonds is 5. The molecule has 0 heterocycles. The van der Waals surface area contributed by atoms with Crippen LogP contribution in [-0.2, 0) is 10.0 Å². The number of aliphatic hydroxyl groups is 1. The Labute approximate surface area is 130 Å². The molecule has 0 amide bonds. The van der Waals surface area contributed by atoms with Crippen LogP contribution in [0.4, 0.5) is 5.69 Å². The predicted molar refractivity (Wildman–Crippen MR) is 83.7 cm³/mol. The molecule has 2 unspecified atom stereocenters. The van der Waals surface area contributed by atoms with Gasteiger partial charge in [0.15, 0.2) is 0 Å². The maximum absolute atomic E-state index is 12.4. The van der Waals surface area contributed by atoms with Gasteiger partial charge in [0.2, 0.25) is 10.0 Å². The minimum Gasteiger partial charge on any atom is -0.398 e. The summed E-state index contributed by atoms with van der Waals surface area (Å²) in [6.07, 6.45) is 2.91. The number of halogens is 1. The van der Waals surface area contributed by atoms with Gasteiger partial charge in [-0.2, -0.15) is 0 Å². The molecule has 0 spiro atoms. The molecule has 0 aliphatic heterocycles. The zero-order valence-electron chi connectivity index (χ0n) is 12.0. The molecule has 1 saturated carbocycles. The van der Waals surface area contributed by atoms with E-state index in [1.165, 1.54) is 12.1 Å². The van der Waals surface area contributed by atoms with E-state index in [1.54, 1.807) is 6.92 Å². The number of hydrogen-bond acceptors (Lipinski definition) is 4. The van der Waals surface area contributed by atoms with Crippen LogP contribution in [0.5, 0.6) is 0 Å². The summed E-state index contributed by atoms with van der Waals surface area (Å²) in [6, 6.07) is 2.95. The third kappa shape index (κ3) is 3.69. The molecule has 0 radical (unpaired) electrons. The molecule has 2 rings (SSSR count). The van der Waals surface area contributed by atoms with E-state index in [9.17, 15) is 13.5 Å². The van der Waals surface area contributed by atoms with E-state index in [4.69, 9.17) is 17.3 Å². The highest BCUT2D eigenvalue weighted by Gasteiger charge is 2.28. The van der Waals surface area contributed by atoms with Gasteiger partial charge < -0.3 is 10.8 Å². The van der Waals surface area contributed by atoms with E-state index >= 15 is 0 Å². The SMILES string of the molecule is Cc1c(N)cc(Cl)cc1S(=O)(=O)NCC1CCCC1CO. The van der Waals surface area contributed by atoms with Crippen LogP contribution >= 0.6 is 11.6 Å². The van der Waals surface area contributed by atoms with Gasteiger partial charge in [0.25, 0.3) is 0 Å². The first-order valence-electron chi connectivity index (χ1n) is 7.01. The molecule has 2 atom stereocenters. The molecule has 0 aromatic heterocycles. The van der Waals surface area contributed by atoms with E-state index in [-0.39, 0.29) is 23.3 Å². The van der Waals surface area contributed by atoms with Gasteiger partial charge in [0, 0.05) is 23.9 Å². The van der Waals surface area contributed by atoms with Gasteiger partial charge in [-0.05, 0) is 49.3 Å². The molecule has 1 aliphatic carbocycles. The summed E-state index contributed by atoms with van der Waals surface area (Å²) >= 11 is 5.90. The summed E-state index contributed by atoms with van der Waals surface area (Å²) in [5.74, 6) is 0.361. The number of nitrogen functional groups attached to an aromatic ring is 1. The summed E-state index contributed by atoms with van der Waals surface area (Å²) in [5, 5.41) is 9.59. The van der Waals surface area contributed by atoms with E-state index in [1.807, 2.05) is 0 Å². The monoisotopic (exact) mass is 332 g/mol. The van der Waals surface area contributed by atoms with Crippen molar-refractivity contribution in [2.24, 2.45) is 11.8 Å². The summed E-state index contributed by atoms with van der Waals surface area (Å²) in [6.45, 7) is 2.10. The average Bonchev–Trinajstić information content (AvgIpc) is 2.88. The third-order valence-corrected chi connectivity index (χ3v) is 6.01. The Balaban J connectivity index is 2.16. The Hall–Kier alpha value is -0.820. The fraction of sp³-hybridized carbons (Fsp3) is 0.571. The van der Waals surface area contributed by atoms with Crippen LogP contribution in [0.3, 0.4) is 0 Å². The molecule has 0 bridgehead atoms. The molecule has 7 heteroatoms. The molecule has 5 nitrogen and oxygen atoms in total. The highest BCUT2D eigenvalue weighted by Crippen LogP contribution is 2.31. The van der Waals surface area contributed by atoms with Crippen molar-refractivity contribution in [1.82, 2.24) is 4.72 Å². The number of anilines is 1. The summed E-state index contributed by atoms with van der Waals surface area (Å²) in [4.78, 5) is 0.117. The minimum atomic E-state index is -3.65. The Morgan fingerprint density at radius 3 is 2.71 bits per heavy atom. The second-order valence-corrected chi connectivity index (χ2v) is 7.78. The number of sulfonamides is 1. The van der Waals surface area contributed by atoms with Crippen LogP contribution in [0.25, 0.3) is 0 Å². The lowest BCUT2D eigenvalue weighted by molar-refractivity contribution is 0.195. The van der Waals surface area contributed by atoms with Gasteiger partial charge in [-0.1, -0.05) is 18.0 Å². The van der Waals surface area contributed by atoms with Crippen LogP contribution in [0.15, 0.2) is 17.0 Å². The highest BCUT2D eigenvalue weighted by atomic mass is 35.5. The quantitative estimate of drug-likeness (QED) is 0.718. The Morgan fingerprint density at radius 2 is 2.05 bits per heavy atom. The summed E-state index contributed by atoms with van der Waals surface area (Å²) in [7, 11) is -3.65. The fourth-order valence-electron chi connectivity index (χ4n) is 2.87. The Kier molecular flexibility index (Phi) is 5.14. The molecule has 1 aliphatic rings. The lowest BCUT2D eigenvalue weighted by Gasteiger charge is -2.18. The molecule has 21 heavy (non-hydrogen) atoms. The molecular weight excluding hydrogens is 312 g/mol. The van der Waals surface area contributed by atoms with Gasteiger partial charge >= 0.3 is 0 Å². The van der Waals surface area contributed by atoms with Crippen molar-refractivity contribution < 1.29 is 13.5 Å². The van der Waals surface area contributed by atoms with E-state index in [2.05, 4.69) is 4.72 Å². The maximum atomic E-state index is 12.4. The van der Waals surface area contributed by atoms with Gasteiger partial charge in [-0.15, -0.1) is 0 Å². The van der Waals surface area contributed by atoms with Crippen LogP contribution in [0.1, 0.15) is 24.8 Å². The minimum absolute atomic E-state index is 0.107. The smallest absolute Gasteiger partial charge is 0.240 e. The van der Waals surface area contributed by atoms with Crippen LogP contribution in [-0.4, -0.2) is 26.7 Å². The second-order valence-electron chi connectivity index (χ2n) is 5.60. The van der Waals surface area contributed by atoms with Crippen molar-refractivity contribution in [3.63, 3.8) is 0 Å². The third-order valence-electron chi connectivity index (χ3n) is 4.24. The van der Waals surface area contributed by atoms with Gasteiger partial charge in [-0.25, -0.2) is 13.1 Å². The highest BCUT2D eigenvalue weighted by molar-refractivity contribution is 7.89. The largest absolute Gasteiger partial charge is 0.398 e. The lowest BCUT2D eigenvalue weighted by atomic mass is 9.97. The van der Waals surface area contributed by atoms with Crippen molar-refractivity contribution in [3.8, 4) is 0 Å².